The summed E-state index contributed by atoms with van der Waals surface area (Å²) in [5.41, 5.74) is 2.61. The average Bonchev–Trinajstić information content (AvgIpc) is 2.29. The standard InChI is InChI=1S/C15H25NO2Si/c1-11-9-8-10-12(14(17)18-5)13(11)16-19(6,7)15(2,3)4/h8-10,16H,1-7H3. The van der Waals surface area contributed by atoms with Crippen LogP contribution in [0.15, 0.2) is 18.2 Å². The van der Waals surface area contributed by atoms with E-state index in [0.717, 1.165) is 11.3 Å². The molecule has 106 valence electrons. The third-order valence-corrected chi connectivity index (χ3v) is 8.62. The molecule has 3 nitrogen and oxygen atoms in total. The van der Waals surface area contributed by atoms with E-state index in [1.54, 1.807) is 0 Å². The van der Waals surface area contributed by atoms with Gasteiger partial charge in [0.25, 0.3) is 0 Å². The van der Waals surface area contributed by atoms with Crippen molar-refractivity contribution in [2.75, 3.05) is 12.1 Å². The molecule has 0 unspecified atom stereocenters. The fourth-order valence-electron chi connectivity index (χ4n) is 1.61. The molecule has 0 fully saturated rings. The fourth-order valence-corrected chi connectivity index (χ4v) is 2.95. The topological polar surface area (TPSA) is 38.3 Å². The predicted molar refractivity (Wildman–Crippen MR) is 83.3 cm³/mol. The lowest BCUT2D eigenvalue weighted by Gasteiger charge is -2.38. The number of carbonyl (C=O) groups excluding carboxylic acids is 1. The Hall–Kier alpha value is -1.29. The molecule has 1 N–H and O–H groups in total. The van der Waals surface area contributed by atoms with Gasteiger partial charge >= 0.3 is 5.97 Å². The lowest BCUT2D eigenvalue weighted by atomic mass is 10.1. The van der Waals surface area contributed by atoms with E-state index < -0.39 is 8.24 Å². The minimum absolute atomic E-state index is 0.197. The van der Waals surface area contributed by atoms with Crippen molar-refractivity contribution < 1.29 is 9.53 Å². The van der Waals surface area contributed by atoms with Gasteiger partial charge in [0.1, 0.15) is 0 Å². The number of ether oxygens (including phenoxy) is 1. The number of benzene rings is 1. The Bertz CT molecular complexity index is 476. The van der Waals surface area contributed by atoms with Gasteiger partial charge in [0, 0.05) is 5.69 Å². The van der Waals surface area contributed by atoms with Crippen LogP contribution >= 0.6 is 0 Å². The zero-order chi connectivity index (χ0) is 14.8. The molecule has 0 amide bonds. The predicted octanol–water partition coefficient (Wildman–Crippen LogP) is 4.20. The Balaban J connectivity index is 3.24. The molecule has 0 atom stereocenters. The van der Waals surface area contributed by atoms with Gasteiger partial charge in [-0.1, -0.05) is 46.0 Å². The molecule has 0 radical (unpaired) electrons. The number of carbonyl (C=O) groups is 1. The molecule has 0 aromatic heterocycles. The van der Waals surface area contributed by atoms with Crippen LogP contribution in [0.25, 0.3) is 0 Å². The highest BCUT2D eigenvalue weighted by molar-refractivity contribution is 6.83. The van der Waals surface area contributed by atoms with E-state index in [1.165, 1.54) is 7.11 Å². The summed E-state index contributed by atoms with van der Waals surface area (Å²) in [6, 6.07) is 5.72. The minimum Gasteiger partial charge on any atom is -0.465 e. The Kier molecular flexibility index (Phi) is 4.45. The van der Waals surface area contributed by atoms with Crippen molar-refractivity contribution in [2.24, 2.45) is 0 Å². The summed E-state index contributed by atoms with van der Waals surface area (Å²) >= 11 is 0. The summed E-state index contributed by atoms with van der Waals surface area (Å²) in [6.07, 6.45) is 0. The van der Waals surface area contributed by atoms with E-state index in [0.29, 0.717) is 5.56 Å². The smallest absolute Gasteiger partial charge is 0.339 e. The largest absolute Gasteiger partial charge is 0.465 e. The summed E-state index contributed by atoms with van der Waals surface area (Å²) < 4.78 is 4.87. The van der Waals surface area contributed by atoms with Gasteiger partial charge in [0.15, 0.2) is 8.24 Å². The molecule has 0 saturated carbocycles. The summed E-state index contributed by atoms with van der Waals surface area (Å²) in [5.74, 6) is -0.287. The van der Waals surface area contributed by atoms with Crippen LogP contribution in [0, 0.1) is 6.92 Å². The average molecular weight is 279 g/mol. The van der Waals surface area contributed by atoms with Crippen LogP contribution < -0.4 is 4.98 Å². The van der Waals surface area contributed by atoms with Crippen LogP contribution in [-0.2, 0) is 4.74 Å². The Morgan fingerprint density at radius 1 is 1.26 bits per heavy atom. The minimum atomic E-state index is -1.72. The van der Waals surface area contributed by atoms with E-state index in [2.05, 4.69) is 38.8 Å². The monoisotopic (exact) mass is 279 g/mol. The van der Waals surface area contributed by atoms with Gasteiger partial charge < -0.3 is 9.72 Å². The van der Waals surface area contributed by atoms with Crippen molar-refractivity contribution in [3.05, 3.63) is 29.3 Å². The SMILES string of the molecule is COC(=O)c1cccc(C)c1N[Si](C)(C)C(C)(C)C. The highest BCUT2D eigenvalue weighted by Crippen LogP contribution is 2.37. The van der Waals surface area contributed by atoms with E-state index >= 15 is 0 Å². The number of nitrogens with one attached hydrogen (secondary N) is 1. The first kappa shape index (κ1) is 15.8. The molecular formula is C15H25NO2Si. The van der Waals surface area contributed by atoms with E-state index in [1.807, 2.05) is 25.1 Å². The number of esters is 1. The van der Waals surface area contributed by atoms with Gasteiger partial charge in [0.05, 0.1) is 12.7 Å². The quantitative estimate of drug-likeness (QED) is 0.665. The van der Waals surface area contributed by atoms with Gasteiger partial charge in [-0.3, -0.25) is 0 Å². The number of anilines is 1. The Morgan fingerprint density at radius 2 is 1.84 bits per heavy atom. The zero-order valence-corrected chi connectivity index (χ0v) is 14.0. The number of hydrogen-bond donors (Lipinski definition) is 1. The maximum absolute atomic E-state index is 11.9. The molecule has 0 aliphatic rings. The van der Waals surface area contributed by atoms with Crippen LogP contribution in [0.5, 0.6) is 0 Å². The van der Waals surface area contributed by atoms with E-state index in [-0.39, 0.29) is 11.0 Å². The second-order valence-corrected chi connectivity index (χ2v) is 11.5. The highest BCUT2D eigenvalue weighted by Gasteiger charge is 2.36. The van der Waals surface area contributed by atoms with Crippen molar-refractivity contribution in [2.45, 2.75) is 45.8 Å². The molecule has 4 heteroatoms. The number of para-hydroxylation sites is 1. The van der Waals surface area contributed by atoms with Crippen molar-refractivity contribution in [1.82, 2.24) is 0 Å². The van der Waals surface area contributed by atoms with E-state index in [9.17, 15) is 4.79 Å². The second-order valence-electron chi connectivity index (χ2n) is 6.49. The maximum atomic E-state index is 11.9. The van der Waals surface area contributed by atoms with Crippen molar-refractivity contribution >= 4 is 19.9 Å². The number of methoxy groups -OCH3 is 1. The first-order valence-corrected chi connectivity index (χ1v) is 9.56. The molecule has 19 heavy (non-hydrogen) atoms. The van der Waals surface area contributed by atoms with Gasteiger partial charge in [0.2, 0.25) is 0 Å². The third-order valence-electron chi connectivity index (χ3n) is 3.99. The lowest BCUT2D eigenvalue weighted by molar-refractivity contribution is 0.0602. The third kappa shape index (κ3) is 3.38. The molecule has 0 aliphatic heterocycles. The van der Waals surface area contributed by atoms with Crippen LogP contribution in [0.1, 0.15) is 36.7 Å². The molecular weight excluding hydrogens is 254 g/mol. The van der Waals surface area contributed by atoms with Gasteiger partial charge in [-0.15, -0.1) is 0 Å². The summed E-state index contributed by atoms with van der Waals surface area (Å²) in [7, 11) is -0.307. The van der Waals surface area contributed by atoms with Gasteiger partial charge in [-0.25, -0.2) is 4.79 Å². The molecule has 0 spiro atoms. The fraction of sp³-hybridized carbons (Fsp3) is 0.533. The Labute approximate surface area is 117 Å². The number of rotatable bonds is 3. The summed E-state index contributed by atoms with van der Waals surface area (Å²) in [4.78, 5) is 15.5. The van der Waals surface area contributed by atoms with Crippen molar-refractivity contribution in [3.63, 3.8) is 0 Å². The Morgan fingerprint density at radius 3 is 2.32 bits per heavy atom. The zero-order valence-electron chi connectivity index (χ0n) is 13.0. The first-order valence-electron chi connectivity index (χ1n) is 6.56. The molecule has 0 saturated heterocycles. The number of aryl methyl sites for hydroxylation is 1. The van der Waals surface area contributed by atoms with Crippen LogP contribution in [-0.4, -0.2) is 21.3 Å². The maximum Gasteiger partial charge on any atom is 0.339 e. The van der Waals surface area contributed by atoms with Gasteiger partial charge in [-0.2, -0.15) is 0 Å². The van der Waals surface area contributed by atoms with Crippen molar-refractivity contribution in [1.29, 1.82) is 0 Å². The normalized spacial score (nSPS) is 12.2. The molecule has 1 aromatic rings. The van der Waals surface area contributed by atoms with Crippen LogP contribution in [0.3, 0.4) is 0 Å². The first-order chi connectivity index (χ1) is 8.60. The van der Waals surface area contributed by atoms with Crippen molar-refractivity contribution in [3.8, 4) is 0 Å². The summed E-state index contributed by atoms with van der Waals surface area (Å²) in [6.45, 7) is 13.3. The molecule has 0 bridgehead atoms. The molecule has 1 rings (SSSR count). The van der Waals surface area contributed by atoms with E-state index in [4.69, 9.17) is 4.74 Å². The number of hydrogen-bond acceptors (Lipinski definition) is 3. The van der Waals surface area contributed by atoms with Crippen LogP contribution in [0.2, 0.25) is 18.1 Å². The highest BCUT2D eigenvalue weighted by atomic mass is 28.3. The molecule has 1 aromatic carbocycles. The summed E-state index contributed by atoms with van der Waals surface area (Å²) in [5, 5.41) is 0.197. The van der Waals surface area contributed by atoms with Gasteiger partial charge in [-0.05, 0) is 23.6 Å². The van der Waals surface area contributed by atoms with Crippen LogP contribution in [0.4, 0.5) is 5.69 Å². The second kappa shape index (κ2) is 5.37. The lowest BCUT2D eigenvalue weighted by Crippen LogP contribution is -2.46. The molecule has 0 aliphatic carbocycles. The molecule has 0 heterocycles.